The fraction of sp³-hybridized carbons (Fsp3) is 0.438. The molecule has 1 amide bonds. The molecule has 8 heteroatoms. The van der Waals surface area contributed by atoms with Crippen LogP contribution in [0.15, 0.2) is 18.2 Å². The molecule has 0 aliphatic rings. The number of hydrogen-bond donors (Lipinski definition) is 1. The average molecular weight is 376 g/mol. The number of carbonyl (C=O) groups is 3. The zero-order valence-electron chi connectivity index (χ0n) is 13.6. The molecule has 132 valence electrons. The van der Waals surface area contributed by atoms with Gasteiger partial charge in [0.05, 0.1) is 22.7 Å². The number of carbonyl (C=O) groups excluding carboxylic acids is 3. The molecule has 0 saturated heterocycles. The van der Waals surface area contributed by atoms with Gasteiger partial charge >= 0.3 is 11.9 Å². The molecule has 6 nitrogen and oxygen atoms in total. The van der Waals surface area contributed by atoms with Gasteiger partial charge in [0.1, 0.15) is 6.04 Å². The fourth-order valence-electron chi connectivity index (χ4n) is 1.88. The van der Waals surface area contributed by atoms with E-state index in [1.54, 1.807) is 13.0 Å². The van der Waals surface area contributed by atoms with Crippen LogP contribution in [-0.4, -0.2) is 37.6 Å². The molecule has 0 saturated carbocycles. The first-order chi connectivity index (χ1) is 11.3. The van der Waals surface area contributed by atoms with Crippen molar-refractivity contribution in [2.75, 3.05) is 13.7 Å². The zero-order valence-corrected chi connectivity index (χ0v) is 15.1. The summed E-state index contributed by atoms with van der Waals surface area (Å²) < 4.78 is 9.57. The van der Waals surface area contributed by atoms with E-state index >= 15 is 0 Å². The lowest BCUT2D eigenvalue weighted by atomic mass is 9.99. The Kier molecular flexibility index (Phi) is 8.01. The van der Waals surface area contributed by atoms with E-state index < -0.39 is 30.5 Å². The second kappa shape index (κ2) is 9.49. The molecule has 0 fully saturated rings. The van der Waals surface area contributed by atoms with E-state index in [0.717, 1.165) is 0 Å². The monoisotopic (exact) mass is 375 g/mol. The fourth-order valence-corrected chi connectivity index (χ4v) is 2.26. The second-order valence-electron chi connectivity index (χ2n) is 5.13. The van der Waals surface area contributed by atoms with Gasteiger partial charge in [0, 0.05) is 0 Å². The lowest BCUT2D eigenvalue weighted by Crippen LogP contribution is -2.47. The van der Waals surface area contributed by atoms with Gasteiger partial charge in [-0.15, -0.1) is 0 Å². The molecular weight excluding hydrogens is 357 g/mol. The van der Waals surface area contributed by atoms with Crippen molar-refractivity contribution in [3.63, 3.8) is 0 Å². The highest BCUT2D eigenvalue weighted by atomic mass is 35.5. The molecule has 2 atom stereocenters. The van der Waals surface area contributed by atoms with E-state index in [1.165, 1.54) is 19.2 Å². The van der Waals surface area contributed by atoms with Crippen LogP contribution in [0.3, 0.4) is 0 Å². The van der Waals surface area contributed by atoms with Gasteiger partial charge in [0.2, 0.25) is 0 Å². The molecule has 0 spiro atoms. The largest absolute Gasteiger partial charge is 0.467 e. The van der Waals surface area contributed by atoms with Crippen LogP contribution in [-0.2, 0) is 19.1 Å². The molecule has 1 aromatic rings. The summed E-state index contributed by atoms with van der Waals surface area (Å²) in [6.07, 6.45) is 0.665. The van der Waals surface area contributed by atoms with Crippen molar-refractivity contribution < 1.29 is 23.9 Å². The van der Waals surface area contributed by atoms with Crippen LogP contribution >= 0.6 is 23.2 Å². The second-order valence-corrected chi connectivity index (χ2v) is 5.92. The maximum Gasteiger partial charge on any atom is 0.340 e. The Morgan fingerprint density at radius 2 is 1.92 bits per heavy atom. The Balaban J connectivity index is 2.66. The molecule has 1 N–H and O–H groups in total. The Morgan fingerprint density at radius 1 is 1.25 bits per heavy atom. The zero-order chi connectivity index (χ0) is 18.3. The van der Waals surface area contributed by atoms with E-state index in [4.69, 9.17) is 27.9 Å². The summed E-state index contributed by atoms with van der Waals surface area (Å²) in [5.41, 5.74) is 0.0587. The lowest BCUT2D eigenvalue weighted by Gasteiger charge is -2.21. The Labute approximate surface area is 150 Å². The maximum absolute atomic E-state index is 12.0. The van der Waals surface area contributed by atoms with Crippen LogP contribution in [0.4, 0.5) is 0 Å². The summed E-state index contributed by atoms with van der Waals surface area (Å²) in [6.45, 7) is 3.14. The number of rotatable bonds is 7. The topological polar surface area (TPSA) is 81.7 Å². The Bertz CT molecular complexity index is 620. The number of benzene rings is 1. The normalized spacial score (nSPS) is 12.9. The maximum atomic E-state index is 12.0. The van der Waals surface area contributed by atoms with Crippen LogP contribution in [0.2, 0.25) is 10.0 Å². The van der Waals surface area contributed by atoms with Crippen molar-refractivity contribution in [2.45, 2.75) is 26.3 Å². The van der Waals surface area contributed by atoms with Crippen molar-refractivity contribution in [1.82, 2.24) is 5.32 Å². The predicted octanol–water partition coefficient (Wildman–Crippen LogP) is 2.85. The van der Waals surface area contributed by atoms with Crippen molar-refractivity contribution in [3.05, 3.63) is 33.8 Å². The van der Waals surface area contributed by atoms with E-state index in [0.29, 0.717) is 6.42 Å². The predicted molar refractivity (Wildman–Crippen MR) is 90.1 cm³/mol. The van der Waals surface area contributed by atoms with Crippen LogP contribution in [0.5, 0.6) is 0 Å². The van der Waals surface area contributed by atoms with Crippen LogP contribution in [0, 0.1) is 5.92 Å². The van der Waals surface area contributed by atoms with Gasteiger partial charge in [0.25, 0.3) is 5.91 Å². The summed E-state index contributed by atoms with van der Waals surface area (Å²) >= 11 is 11.7. The first kappa shape index (κ1) is 20.3. The lowest BCUT2D eigenvalue weighted by molar-refractivity contribution is -0.147. The van der Waals surface area contributed by atoms with Gasteiger partial charge < -0.3 is 14.8 Å². The number of hydrogen-bond acceptors (Lipinski definition) is 5. The molecule has 0 aromatic heterocycles. The van der Waals surface area contributed by atoms with E-state index in [2.05, 4.69) is 10.1 Å². The van der Waals surface area contributed by atoms with Crippen LogP contribution in [0.25, 0.3) is 0 Å². The van der Waals surface area contributed by atoms with E-state index in [1.807, 2.05) is 6.92 Å². The molecule has 0 heterocycles. The molecule has 0 aliphatic carbocycles. The summed E-state index contributed by atoms with van der Waals surface area (Å²) in [5, 5.41) is 2.76. The molecule has 0 radical (unpaired) electrons. The average Bonchev–Trinajstić information content (AvgIpc) is 2.58. The molecular formula is C16H19Cl2NO5. The van der Waals surface area contributed by atoms with Gasteiger partial charge in [-0.3, -0.25) is 4.79 Å². The third-order valence-corrected chi connectivity index (χ3v) is 4.31. The number of ether oxygens (including phenoxy) is 2. The van der Waals surface area contributed by atoms with Gasteiger partial charge in [0.15, 0.2) is 6.61 Å². The number of halogens is 2. The van der Waals surface area contributed by atoms with Gasteiger partial charge in [-0.1, -0.05) is 49.5 Å². The molecule has 24 heavy (non-hydrogen) atoms. The highest BCUT2D eigenvalue weighted by molar-refractivity contribution is 6.43. The number of methoxy groups -OCH3 is 1. The molecule has 0 aliphatic heterocycles. The molecule has 0 bridgehead atoms. The SMILES string of the molecule is CC[C@H](C)[C@@H](NC(=O)COC(=O)c1cccc(Cl)c1Cl)C(=O)OC. The van der Waals surface area contributed by atoms with Crippen molar-refractivity contribution >= 4 is 41.0 Å². The highest BCUT2D eigenvalue weighted by Gasteiger charge is 2.27. The van der Waals surface area contributed by atoms with Gasteiger partial charge in [-0.2, -0.15) is 0 Å². The van der Waals surface area contributed by atoms with Crippen molar-refractivity contribution in [3.8, 4) is 0 Å². The standard InChI is InChI=1S/C16H19Cl2NO5/c1-4-9(2)14(16(22)23-3)19-12(20)8-24-15(21)10-6-5-7-11(17)13(10)18/h5-7,9,14H,4,8H2,1-3H3,(H,19,20)/t9-,14+/m0/s1. The minimum atomic E-state index is -0.805. The quantitative estimate of drug-likeness (QED) is 0.740. The number of nitrogens with one attached hydrogen (secondary N) is 1. The van der Waals surface area contributed by atoms with E-state index in [9.17, 15) is 14.4 Å². The number of esters is 2. The summed E-state index contributed by atoms with van der Waals surface area (Å²) in [4.78, 5) is 35.6. The molecule has 1 aromatic carbocycles. The minimum Gasteiger partial charge on any atom is -0.467 e. The Hall–Kier alpha value is -1.79. The minimum absolute atomic E-state index is 0.0524. The first-order valence-corrected chi connectivity index (χ1v) is 8.05. The van der Waals surface area contributed by atoms with E-state index in [-0.39, 0.29) is 21.5 Å². The Morgan fingerprint density at radius 3 is 2.50 bits per heavy atom. The van der Waals surface area contributed by atoms with Crippen molar-refractivity contribution in [1.29, 1.82) is 0 Å². The van der Waals surface area contributed by atoms with Crippen LogP contribution < -0.4 is 5.32 Å². The van der Waals surface area contributed by atoms with Gasteiger partial charge in [-0.05, 0) is 18.1 Å². The highest BCUT2D eigenvalue weighted by Crippen LogP contribution is 2.25. The summed E-state index contributed by atoms with van der Waals surface area (Å²) in [5.74, 6) is -2.07. The summed E-state index contributed by atoms with van der Waals surface area (Å²) in [6, 6.07) is 3.70. The first-order valence-electron chi connectivity index (χ1n) is 7.30. The van der Waals surface area contributed by atoms with Gasteiger partial charge in [-0.25, -0.2) is 9.59 Å². The molecule has 0 unspecified atom stereocenters. The third-order valence-electron chi connectivity index (χ3n) is 3.49. The molecule has 1 rings (SSSR count). The number of amides is 1. The third kappa shape index (κ3) is 5.39. The summed E-state index contributed by atoms with van der Waals surface area (Å²) in [7, 11) is 1.24. The smallest absolute Gasteiger partial charge is 0.340 e. The van der Waals surface area contributed by atoms with Crippen molar-refractivity contribution in [2.24, 2.45) is 5.92 Å². The van der Waals surface area contributed by atoms with Crippen LogP contribution in [0.1, 0.15) is 30.6 Å².